The van der Waals surface area contributed by atoms with Gasteiger partial charge in [0.15, 0.2) is 0 Å². The normalized spacial score (nSPS) is 14.7. The van der Waals surface area contributed by atoms with Gasteiger partial charge in [0.05, 0.1) is 0 Å². The molecule has 2 aromatic carbocycles. The minimum atomic E-state index is 0.120. The van der Waals surface area contributed by atoms with E-state index in [4.69, 9.17) is 0 Å². The zero-order valence-corrected chi connectivity index (χ0v) is 17.4. The molecule has 5 heteroatoms. The molecule has 4 nitrogen and oxygen atoms in total. The third kappa shape index (κ3) is 5.05. The van der Waals surface area contributed by atoms with Crippen LogP contribution in [0.25, 0.3) is 0 Å². The molecule has 29 heavy (non-hydrogen) atoms. The van der Waals surface area contributed by atoms with Gasteiger partial charge in [-0.2, -0.15) is 0 Å². The maximum atomic E-state index is 12.9. The van der Waals surface area contributed by atoms with Gasteiger partial charge < -0.3 is 4.90 Å². The van der Waals surface area contributed by atoms with Gasteiger partial charge in [0, 0.05) is 49.4 Å². The number of amides is 1. The lowest BCUT2D eigenvalue weighted by atomic mass is 10.1. The Morgan fingerprint density at radius 1 is 0.931 bits per heavy atom. The second-order valence-electron chi connectivity index (χ2n) is 7.29. The fourth-order valence-electron chi connectivity index (χ4n) is 3.51. The van der Waals surface area contributed by atoms with Gasteiger partial charge in [-0.15, -0.1) is 0 Å². The van der Waals surface area contributed by atoms with Crippen molar-refractivity contribution in [1.82, 2.24) is 14.8 Å². The van der Waals surface area contributed by atoms with Gasteiger partial charge in [-0.05, 0) is 54.4 Å². The highest BCUT2D eigenvalue weighted by Gasteiger charge is 2.22. The van der Waals surface area contributed by atoms with Crippen molar-refractivity contribution in [2.24, 2.45) is 0 Å². The molecule has 1 fully saturated rings. The monoisotopic (exact) mass is 403 g/mol. The molecule has 1 aliphatic rings. The maximum Gasteiger partial charge on any atom is 0.253 e. The molecule has 0 radical (unpaired) electrons. The Bertz CT molecular complexity index is 951. The van der Waals surface area contributed by atoms with E-state index >= 15 is 0 Å². The Morgan fingerprint density at radius 2 is 1.66 bits per heavy atom. The fraction of sp³-hybridized carbons (Fsp3) is 0.250. The summed E-state index contributed by atoms with van der Waals surface area (Å²) in [5, 5.41) is 0.955. The number of aromatic nitrogens is 1. The van der Waals surface area contributed by atoms with Crippen LogP contribution in [0.4, 0.5) is 0 Å². The van der Waals surface area contributed by atoms with Crippen LogP contribution < -0.4 is 0 Å². The molecule has 0 N–H and O–H groups in total. The Labute approximate surface area is 176 Å². The van der Waals surface area contributed by atoms with Crippen molar-refractivity contribution in [2.75, 3.05) is 26.2 Å². The van der Waals surface area contributed by atoms with Gasteiger partial charge in [0.2, 0.25) is 0 Å². The third-order valence-corrected chi connectivity index (χ3v) is 6.23. The minimum absolute atomic E-state index is 0.120. The number of nitrogens with zero attached hydrogens (tertiary/aromatic N) is 3. The topological polar surface area (TPSA) is 36.4 Å². The van der Waals surface area contributed by atoms with Crippen molar-refractivity contribution in [3.05, 3.63) is 89.6 Å². The Hall–Kier alpha value is -2.63. The average Bonchev–Trinajstić information content (AvgIpc) is 2.77. The van der Waals surface area contributed by atoms with E-state index in [2.05, 4.69) is 41.1 Å². The van der Waals surface area contributed by atoms with Gasteiger partial charge in [-0.25, -0.2) is 4.98 Å². The minimum Gasteiger partial charge on any atom is -0.336 e. The Kier molecular flexibility index (Phi) is 6.27. The van der Waals surface area contributed by atoms with E-state index < -0.39 is 0 Å². The summed E-state index contributed by atoms with van der Waals surface area (Å²) < 4.78 is 0. The predicted octanol–water partition coefficient (Wildman–Crippen LogP) is 4.50. The zero-order chi connectivity index (χ0) is 20.1. The fourth-order valence-corrected chi connectivity index (χ4v) is 4.29. The van der Waals surface area contributed by atoms with Crippen LogP contribution in [0.15, 0.2) is 82.8 Å². The van der Waals surface area contributed by atoms with E-state index in [1.54, 1.807) is 18.0 Å². The lowest BCUT2D eigenvalue weighted by Gasteiger charge is -2.35. The number of carbonyl (C=O) groups excluding carboxylic acids is 1. The van der Waals surface area contributed by atoms with Crippen LogP contribution >= 0.6 is 11.8 Å². The lowest BCUT2D eigenvalue weighted by molar-refractivity contribution is 0.0628. The largest absolute Gasteiger partial charge is 0.336 e. The van der Waals surface area contributed by atoms with Crippen molar-refractivity contribution in [1.29, 1.82) is 0 Å². The second kappa shape index (κ2) is 9.25. The van der Waals surface area contributed by atoms with Crippen molar-refractivity contribution < 1.29 is 4.79 Å². The van der Waals surface area contributed by atoms with Gasteiger partial charge in [-0.1, -0.05) is 42.1 Å². The molecule has 0 unspecified atom stereocenters. The smallest absolute Gasteiger partial charge is 0.253 e. The number of carbonyl (C=O) groups is 1. The standard InChI is InChI=1S/C24H25N3OS/c1-19-6-2-3-7-21(19)18-26-14-16-27(17-15-26)24(28)20-9-11-22(12-10-20)29-23-8-4-5-13-25-23/h2-13H,14-18H2,1H3. The van der Waals surface area contributed by atoms with Gasteiger partial charge in [-0.3, -0.25) is 9.69 Å². The number of rotatable bonds is 5. The Balaban J connectivity index is 1.32. The van der Waals surface area contributed by atoms with Crippen molar-refractivity contribution in [2.45, 2.75) is 23.4 Å². The van der Waals surface area contributed by atoms with E-state index in [0.717, 1.165) is 48.2 Å². The highest BCUT2D eigenvalue weighted by Crippen LogP contribution is 2.26. The van der Waals surface area contributed by atoms with Crippen LogP contribution in [0.2, 0.25) is 0 Å². The van der Waals surface area contributed by atoms with E-state index in [-0.39, 0.29) is 5.91 Å². The molecular weight excluding hydrogens is 378 g/mol. The molecule has 148 valence electrons. The molecule has 1 saturated heterocycles. The van der Waals surface area contributed by atoms with Gasteiger partial charge in [0.25, 0.3) is 5.91 Å². The first-order chi connectivity index (χ1) is 14.2. The van der Waals surface area contributed by atoms with Crippen molar-refractivity contribution >= 4 is 17.7 Å². The molecule has 2 heterocycles. The second-order valence-corrected chi connectivity index (χ2v) is 8.38. The third-order valence-electron chi connectivity index (χ3n) is 5.28. The molecule has 1 aromatic heterocycles. The summed E-state index contributed by atoms with van der Waals surface area (Å²) in [5.74, 6) is 0.120. The van der Waals surface area contributed by atoms with E-state index in [1.807, 2.05) is 47.4 Å². The molecular formula is C24H25N3OS. The number of hydrogen-bond acceptors (Lipinski definition) is 4. The summed E-state index contributed by atoms with van der Waals surface area (Å²) in [6, 6.07) is 22.2. The number of benzene rings is 2. The molecule has 0 aliphatic carbocycles. The maximum absolute atomic E-state index is 12.9. The summed E-state index contributed by atoms with van der Waals surface area (Å²) in [6.45, 7) is 6.48. The number of aryl methyl sites for hydroxylation is 1. The van der Waals surface area contributed by atoms with Gasteiger partial charge >= 0.3 is 0 Å². The summed E-state index contributed by atoms with van der Waals surface area (Å²) >= 11 is 1.60. The first-order valence-electron chi connectivity index (χ1n) is 9.94. The summed E-state index contributed by atoms with van der Waals surface area (Å²) in [5.41, 5.74) is 3.45. The van der Waals surface area contributed by atoms with Crippen molar-refractivity contribution in [3.8, 4) is 0 Å². The van der Waals surface area contributed by atoms with Crippen LogP contribution in [0.3, 0.4) is 0 Å². The quantitative estimate of drug-likeness (QED) is 0.629. The first kappa shape index (κ1) is 19.7. The highest BCUT2D eigenvalue weighted by atomic mass is 32.2. The Morgan fingerprint density at radius 3 is 2.34 bits per heavy atom. The number of piperazine rings is 1. The van der Waals surface area contributed by atoms with Crippen LogP contribution in [0, 0.1) is 6.92 Å². The molecule has 3 aromatic rings. The van der Waals surface area contributed by atoms with Crippen LogP contribution in [-0.4, -0.2) is 46.9 Å². The van der Waals surface area contributed by atoms with Crippen LogP contribution in [-0.2, 0) is 6.54 Å². The molecule has 1 amide bonds. The molecule has 0 saturated carbocycles. The van der Waals surface area contributed by atoms with Crippen LogP contribution in [0.5, 0.6) is 0 Å². The summed E-state index contributed by atoms with van der Waals surface area (Å²) in [6.07, 6.45) is 1.79. The average molecular weight is 404 g/mol. The summed E-state index contributed by atoms with van der Waals surface area (Å²) in [4.78, 5) is 22.7. The first-order valence-corrected chi connectivity index (χ1v) is 10.8. The van der Waals surface area contributed by atoms with E-state index in [0.29, 0.717) is 0 Å². The molecule has 4 rings (SSSR count). The van der Waals surface area contributed by atoms with Crippen LogP contribution in [0.1, 0.15) is 21.5 Å². The molecule has 0 bridgehead atoms. The molecule has 0 atom stereocenters. The molecule has 0 spiro atoms. The lowest BCUT2D eigenvalue weighted by Crippen LogP contribution is -2.48. The summed E-state index contributed by atoms with van der Waals surface area (Å²) in [7, 11) is 0. The predicted molar refractivity (Wildman–Crippen MR) is 117 cm³/mol. The number of hydrogen-bond donors (Lipinski definition) is 0. The van der Waals surface area contributed by atoms with E-state index in [9.17, 15) is 4.79 Å². The SMILES string of the molecule is Cc1ccccc1CN1CCN(C(=O)c2ccc(Sc3ccccn3)cc2)CC1. The van der Waals surface area contributed by atoms with E-state index in [1.165, 1.54) is 11.1 Å². The number of pyridine rings is 1. The molecule has 1 aliphatic heterocycles. The zero-order valence-electron chi connectivity index (χ0n) is 16.6. The highest BCUT2D eigenvalue weighted by molar-refractivity contribution is 7.99. The van der Waals surface area contributed by atoms with Gasteiger partial charge in [0.1, 0.15) is 5.03 Å². The van der Waals surface area contributed by atoms with Crippen molar-refractivity contribution in [3.63, 3.8) is 0 Å².